The predicted molar refractivity (Wildman–Crippen MR) is 69.7 cm³/mol. The van der Waals surface area contributed by atoms with Crippen LogP contribution in [0.2, 0.25) is 0 Å². The van der Waals surface area contributed by atoms with Gasteiger partial charge in [-0.3, -0.25) is 9.59 Å². The number of hydrogen-bond acceptors (Lipinski definition) is 5. The van der Waals surface area contributed by atoms with Crippen molar-refractivity contribution in [3.05, 3.63) is 11.3 Å². The number of carbonyl (C=O) groups is 2. The molecular formula is C14H20N2O3. The number of carbonyl (C=O) groups excluding carboxylic acids is 2. The van der Waals surface area contributed by atoms with Gasteiger partial charge in [0.15, 0.2) is 6.61 Å². The summed E-state index contributed by atoms with van der Waals surface area (Å²) in [6, 6.07) is 1.72. The Balaban J connectivity index is 2.28. The molecule has 0 spiro atoms. The van der Waals surface area contributed by atoms with E-state index in [9.17, 15) is 9.59 Å². The molecule has 1 saturated carbocycles. The number of ether oxygens (including phenoxy) is 1. The molecule has 0 amide bonds. The second kappa shape index (κ2) is 7.57. The Hall–Kier alpha value is -1.83. The maximum atomic E-state index is 11.5. The lowest BCUT2D eigenvalue weighted by atomic mass is 10.0. The molecule has 0 saturated heterocycles. The number of nitrogens with zero attached hydrogens (tertiary/aromatic N) is 1. The van der Waals surface area contributed by atoms with E-state index in [1.54, 1.807) is 6.07 Å². The van der Waals surface area contributed by atoms with Crippen LogP contribution >= 0.6 is 0 Å². The van der Waals surface area contributed by atoms with Crippen LogP contribution in [0.5, 0.6) is 0 Å². The monoisotopic (exact) mass is 264 g/mol. The van der Waals surface area contributed by atoms with Gasteiger partial charge in [-0.05, 0) is 19.3 Å². The van der Waals surface area contributed by atoms with Gasteiger partial charge in [0.1, 0.15) is 11.6 Å². The summed E-state index contributed by atoms with van der Waals surface area (Å²) in [7, 11) is 0. The standard InChI is InChI=1S/C14H20N2O3/c1-10(16)12(8-15)13(17)9-19-14(18)7-6-11-4-2-3-5-11/h11H,2-7,9,16H2,1H3. The fourth-order valence-corrected chi connectivity index (χ4v) is 2.28. The maximum absolute atomic E-state index is 11.5. The van der Waals surface area contributed by atoms with Gasteiger partial charge in [0, 0.05) is 12.1 Å². The highest BCUT2D eigenvalue weighted by Gasteiger charge is 2.18. The normalized spacial score (nSPS) is 16.6. The Morgan fingerprint density at radius 1 is 1.37 bits per heavy atom. The summed E-state index contributed by atoms with van der Waals surface area (Å²) in [6.45, 7) is 1.07. The first-order chi connectivity index (χ1) is 9.04. The van der Waals surface area contributed by atoms with Crippen molar-refractivity contribution >= 4 is 11.8 Å². The zero-order valence-electron chi connectivity index (χ0n) is 11.3. The molecule has 0 aliphatic heterocycles. The Morgan fingerprint density at radius 2 is 2.00 bits per heavy atom. The molecule has 0 unspecified atom stereocenters. The Bertz CT molecular complexity index is 411. The van der Waals surface area contributed by atoms with Crippen LogP contribution in [0.25, 0.3) is 0 Å². The van der Waals surface area contributed by atoms with Crippen molar-refractivity contribution in [1.82, 2.24) is 0 Å². The van der Waals surface area contributed by atoms with Gasteiger partial charge >= 0.3 is 5.97 Å². The SMILES string of the molecule is CC(N)=C(C#N)C(=O)COC(=O)CCC1CCCC1. The van der Waals surface area contributed by atoms with Gasteiger partial charge < -0.3 is 10.5 Å². The highest BCUT2D eigenvalue weighted by atomic mass is 16.5. The van der Waals surface area contributed by atoms with Crippen LogP contribution in [0.1, 0.15) is 45.4 Å². The molecule has 0 aromatic rings. The quantitative estimate of drug-likeness (QED) is 0.448. The number of ketones is 1. The average molecular weight is 264 g/mol. The molecule has 104 valence electrons. The second-order valence-electron chi connectivity index (χ2n) is 4.94. The number of hydrogen-bond donors (Lipinski definition) is 1. The van der Waals surface area contributed by atoms with Gasteiger partial charge in [0.25, 0.3) is 0 Å². The molecule has 5 nitrogen and oxygen atoms in total. The fourth-order valence-electron chi connectivity index (χ4n) is 2.28. The Labute approximate surface area is 113 Å². The van der Waals surface area contributed by atoms with Crippen LogP contribution in [0.15, 0.2) is 11.3 Å². The predicted octanol–water partition coefficient (Wildman–Crippen LogP) is 1.83. The number of nitriles is 1. The number of allylic oxidation sites excluding steroid dienone is 1. The van der Waals surface area contributed by atoms with E-state index in [2.05, 4.69) is 0 Å². The number of nitrogens with two attached hydrogens (primary N) is 1. The van der Waals surface area contributed by atoms with E-state index < -0.39 is 12.4 Å². The third-order valence-electron chi connectivity index (χ3n) is 3.38. The average Bonchev–Trinajstić information content (AvgIpc) is 2.87. The van der Waals surface area contributed by atoms with Crippen molar-refractivity contribution in [2.75, 3.05) is 6.61 Å². The summed E-state index contributed by atoms with van der Waals surface area (Å²) in [5.41, 5.74) is 5.40. The van der Waals surface area contributed by atoms with E-state index in [0.717, 1.165) is 6.42 Å². The molecule has 19 heavy (non-hydrogen) atoms. The molecule has 5 heteroatoms. The van der Waals surface area contributed by atoms with Gasteiger partial charge in [0.05, 0.1) is 0 Å². The summed E-state index contributed by atoms with van der Waals surface area (Å²) < 4.78 is 4.87. The molecule has 1 aliphatic rings. The van der Waals surface area contributed by atoms with E-state index >= 15 is 0 Å². The molecule has 1 rings (SSSR count). The van der Waals surface area contributed by atoms with Crippen molar-refractivity contribution in [1.29, 1.82) is 5.26 Å². The van der Waals surface area contributed by atoms with Crippen molar-refractivity contribution in [3.8, 4) is 6.07 Å². The molecule has 0 bridgehead atoms. The molecule has 0 heterocycles. The third kappa shape index (κ3) is 5.12. The minimum atomic E-state index is -0.545. The summed E-state index contributed by atoms with van der Waals surface area (Å²) in [4.78, 5) is 23.0. The molecule has 0 radical (unpaired) electrons. The maximum Gasteiger partial charge on any atom is 0.306 e. The van der Waals surface area contributed by atoms with Crippen LogP contribution in [-0.4, -0.2) is 18.4 Å². The van der Waals surface area contributed by atoms with Crippen LogP contribution in [-0.2, 0) is 14.3 Å². The number of Topliss-reactive ketones (excluding diaryl/α,β-unsaturated/α-hetero) is 1. The van der Waals surface area contributed by atoms with Crippen molar-refractivity contribution in [2.24, 2.45) is 11.7 Å². The smallest absolute Gasteiger partial charge is 0.306 e. The van der Waals surface area contributed by atoms with E-state index in [1.807, 2.05) is 0 Å². The van der Waals surface area contributed by atoms with Crippen LogP contribution in [0.3, 0.4) is 0 Å². The zero-order valence-corrected chi connectivity index (χ0v) is 11.3. The lowest BCUT2D eigenvalue weighted by molar-refractivity contribution is -0.147. The van der Waals surface area contributed by atoms with E-state index in [1.165, 1.54) is 32.6 Å². The lowest BCUT2D eigenvalue weighted by Gasteiger charge is -2.08. The van der Waals surface area contributed by atoms with Crippen LogP contribution < -0.4 is 5.73 Å². The number of esters is 1. The topological polar surface area (TPSA) is 93.2 Å². The Morgan fingerprint density at radius 3 is 2.53 bits per heavy atom. The summed E-state index contributed by atoms with van der Waals surface area (Å²) >= 11 is 0. The molecule has 1 fully saturated rings. The van der Waals surface area contributed by atoms with Crippen LogP contribution in [0.4, 0.5) is 0 Å². The molecule has 0 atom stereocenters. The third-order valence-corrected chi connectivity index (χ3v) is 3.38. The highest BCUT2D eigenvalue weighted by molar-refractivity contribution is 6.01. The van der Waals surface area contributed by atoms with Gasteiger partial charge in [0.2, 0.25) is 5.78 Å². The van der Waals surface area contributed by atoms with Gasteiger partial charge in [-0.1, -0.05) is 25.7 Å². The van der Waals surface area contributed by atoms with Crippen LogP contribution in [0, 0.1) is 17.2 Å². The van der Waals surface area contributed by atoms with Crippen molar-refractivity contribution < 1.29 is 14.3 Å². The lowest BCUT2D eigenvalue weighted by Crippen LogP contribution is -2.17. The first kappa shape index (κ1) is 15.2. The highest BCUT2D eigenvalue weighted by Crippen LogP contribution is 2.28. The molecule has 1 aliphatic carbocycles. The zero-order chi connectivity index (χ0) is 14.3. The minimum absolute atomic E-state index is 0.136. The van der Waals surface area contributed by atoms with E-state index in [-0.39, 0.29) is 17.2 Å². The summed E-state index contributed by atoms with van der Waals surface area (Å²) in [5.74, 6) is -0.312. The van der Waals surface area contributed by atoms with Gasteiger partial charge in [-0.2, -0.15) is 5.26 Å². The van der Waals surface area contributed by atoms with Gasteiger partial charge in [-0.15, -0.1) is 0 Å². The minimum Gasteiger partial charge on any atom is -0.457 e. The largest absolute Gasteiger partial charge is 0.457 e. The number of rotatable bonds is 6. The Kier molecular flexibility index (Phi) is 6.07. The molecular weight excluding hydrogens is 244 g/mol. The fraction of sp³-hybridized carbons (Fsp3) is 0.643. The second-order valence-corrected chi connectivity index (χ2v) is 4.94. The van der Waals surface area contributed by atoms with E-state index in [4.69, 9.17) is 15.7 Å². The molecule has 0 aromatic heterocycles. The first-order valence-corrected chi connectivity index (χ1v) is 6.60. The summed E-state index contributed by atoms with van der Waals surface area (Å²) in [5, 5.41) is 8.73. The van der Waals surface area contributed by atoms with Crippen molar-refractivity contribution in [2.45, 2.75) is 45.4 Å². The first-order valence-electron chi connectivity index (χ1n) is 6.60. The van der Waals surface area contributed by atoms with E-state index in [0.29, 0.717) is 12.3 Å². The van der Waals surface area contributed by atoms with Crippen molar-refractivity contribution in [3.63, 3.8) is 0 Å². The molecule has 2 N–H and O–H groups in total. The van der Waals surface area contributed by atoms with Gasteiger partial charge in [-0.25, -0.2) is 0 Å². The molecule has 0 aromatic carbocycles. The summed E-state index contributed by atoms with van der Waals surface area (Å²) in [6.07, 6.45) is 6.00.